The van der Waals surface area contributed by atoms with Crippen molar-refractivity contribution in [1.82, 2.24) is 0 Å². The fraction of sp³-hybridized carbons (Fsp3) is 0.188. The van der Waals surface area contributed by atoms with Crippen LogP contribution in [-0.2, 0) is 11.2 Å². The summed E-state index contributed by atoms with van der Waals surface area (Å²) in [4.78, 5) is 12.0. The Morgan fingerprint density at radius 3 is 2.81 bits per heavy atom. The molecule has 5 heteroatoms. The van der Waals surface area contributed by atoms with Gasteiger partial charge >= 0.3 is 0 Å². The standard InChI is InChI=1S/C16H17BrN2O2/c1-21-15-9-12(17)8-14(10-15)19-16(20)6-5-11-3-2-4-13(18)7-11/h2-4,7-10H,5-6,18H2,1H3,(H,19,20). The number of ether oxygens (including phenoxy) is 1. The number of amides is 1. The third kappa shape index (κ3) is 4.79. The van der Waals surface area contributed by atoms with Gasteiger partial charge in [-0.1, -0.05) is 28.1 Å². The number of nitrogens with two attached hydrogens (primary N) is 1. The molecule has 3 N–H and O–H groups in total. The average molecular weight is 349 g/mol. The van der Waals surface area contributed by atoms with E-state index in [1.54, 1.807) is 13.2 Å². The third-order valence-electron chi connectivity index (χ3n) is 2.98. The second-order valence-electron chi connectivity index (χ2n) is 4.67. The van der Waals surface area contributed by atoms with Crippen LogP contribution in [0.2, 0.25) is 0 Å². The predicted molar refractivity (Wildman–Crippen MR) is 88.5 cm³/mol. The van der Waals surface area contributed by atoms with E-state index in [4.69, 9.17) is 10.5 Å². The Morgan fingerprint density at radius 1 is 1.29 bits per heavy atom. The van der Waals surface area contributed by atoms with Crippen molar-refractivity contribution in [3.05, 3.63) is 52.5 Å². The summed E-state index contributed by atoms with van der Waals surface area (Å²) >= 11 is 3.38. The van der Waals surface area contributed by atoms with Crippen LogP contribution in [0.1, 0.15) is 12.0 Å². The van der Waals surface area contributed by atoms with Crippen LogP contribution in [0, 0.1) is 0 Å². The van der Waals surface area contributed by atoms with E-state index in [0.717, 1.165) is 10.0 Å². The summed E-state index contributed by atoms with van der Waals surface area (Å²) in [7, 11) is 1.59. The van der Waals surface area contributed by atoms with E-state index >= 15 is 0 Å². The first-order valence-electron chi connectivity index (χ1n) is 6.55. The van der Waals surface area contributed by atoms with Crippen LogP contribution in [0.15, 0.2) is 46.9 Å². The molecule has 110 valence electrons. The summed E-state index contributed by atoms with van der Waals surface area (Å²) in [5.74, 6) is 0.646. The monoisotopic (exact) mass is 348 g/mol. The molecule has 0 aliphatic carbocycles. The van der Waals surface area contributed by atoms with Crippen molar-refractivity contribution in [2.45, 2.75) is 12.8 Å². The van der Waals surface area contributed by atoms with Gasteiger partial charge in [-0.05, 0) is 36.2 Å². The second kappa shape index (κ2) is 7.13. The summed E-state index contributed by atoms with van der Waals surface area (Å²) in [6.07, 6.45) is 1.06. The van der Waals surface area contributed by atoms with Gasteiger partial charge in [0.05, 0.1) is 7.11 Å². The molecule has 2 aromatic rings. The van der Waals surface area contributed by atoms with E-state index in [9.17, 15) is 4.79 Å². The average Bonchev–Trinajstić information content (AvgIpc) is 2.44. The Bertz CT molecular complexity index is 644. The van der Waals surface area contributed by atoms with Crippen LogP contribution in [0.25, 0.3) is 0 Å². The SMILES string of the molecule is COc1cc(Br)cc(NC(=O)CCc2cccc(N)c2)c1. The van der Waals surface area contributed by atoms with Crippen LogP contribution < -0.4 is 15.8 Å². The highest BCUT2D eigenvalue weighted by molar-refractivity contribution is 9.10. The molecule has 2 aromatic carbocycles. The van der Waals surface area contributed by atoms with Gasteiger partial charge in [0.25, 0.3) is 0 Å². The normalized spacial score (nSPS) is 10.2. The molecule has 0 radical (unpaired) electrons. The summed E-state index contributed by atoms with van der Waals surface area (Å²) in [5, 5.41) is 2.86. The highest BCUT2D eigenvalue weighted by Gasteiger charge is 2.06. The molecule has 0 unspecified atom stereocenters. The van der Waals surface area contributed by atoms with Gasteiger partial charge in [0.15, 0.2) is 0 Å². The minimum atomic E-state index is -0.0439. The lowest BCUT2D eigenvalue weighted by molar-refractivity contribution is -0.116. The van der Waals surface area contributed by atoms with Gasteiger partial charge < -0.3 is 15.8 Å². The lowest BCUT2D eigenvalue weighted by Crippen LogP contribution is -2.12. The maximum atomic E-state index is 12.0. The third-order valence-corrected chi connectivity index (χ3v) is 3.44. The minimum Gasteiger partial charge on any atom is -0.497 e. The Labute approximate surface area is 132 Å². The van der Waals surface area contributed by atoms with Crippen LogP contribution in [0.4, 0.5) is 11.4 Å². The van der Waals surface area contributed by atoms with Gasteiger partial charge in [-0.25, -0.2) is 0 Å². The zero-order valence-electron chi connectivity index (χ0n) is 11.7. The Hall–Kier alpha value is -2.01. The number of halogens is 1. The molecule has 0 aliphatic rings. The first kappa shape index (κ1) is 15.4. The number of hydrogen-bond acceptors (Lipinski definition) is 3. The topological polar surface area (TPSA) is 64.3 Å². The summed E-state index contributed by atoms with van der Waals surface area (Å²) < 4.78 is 6.02. The number of rotatable bonds is 5. The van der Waals surface area contributed by atoms with Crippen molar-refractivity contribution in [3.63, 3.8) is 0 Å². The molecule has 21 heavy (non-hydrogen) atoms. The lowest BCUT2D eigenvalue weighted by Gasteiger charge is -2.08. The van der Waals surface area contributed by atoms with E-state index in [1.807, 2.05) is 36.4 Å². The Balaban J connectivity index is 1.94. The molecule has 0 aromatic heterocycles. The van der Waals surface area contributed by atoms with Gasteiger partial charge in [-0.2, -0.15) is 0 Å². The number of nitrogens with one attached hydrogen (secondary N) is 1. The zero-order chi connectivity index (χ0) is 15.2. The summed E-state index contributed by atoms with van der Waals surface area (Å²) in [6, 6.07) is 13.0. The van der Waals surface area contributed by atoms with Crippen molar-refractivity contribution in [2.24, 2.45) is 0 Å². The van der Waals surface area contributed by atoms with E-state index < -0.39 is 0 Å². The molecule has 0 heterocycles. The smallest absolute Gasteiger partial charge is 0.224 e. The predicted octanol–water partition coefficient (Wildman–Crippen LogP) is 3.61. The van der Waals surface area contributed by atoms with Gasteiger partial charge in [-0.15, -0.1) is 0 Å². The van der Waals surface area contributed by atoms with E-state index in [1.165, 1.54) is 0 Å². The highest BCUT2D eigenvalue weighted by atomic mass is 79.9. The maximum absolute atomic E-state index is 12.0. The molecule has 0 bridgehead atoms. The van der Waals surface area contributed by atoms with E-state index in [0.29, 0.717) is 30.0 Å². The highest BCUT2D eigenvalue weighted by Crippen LogP contribution is 2.24. The number of carbonyl (C=O) groups excluding carboxylic acids is 1. The molecular formula is C16H17BrN2O2. The molecular weight excluding hydrogens is 332 g/mol. The quantitative estimate of drug-likeness (QED) is 0.811. The van der Waals surface area contributed by atoms with Gasteiger partial charge in [0.1, 0.15) is 5.75 Å². The van der Waals surface area contributed by atoms with Crippen LogP contribution in [0.5, 0.6) is 5.75 Å². The fourth-order valence-corrected chi connectivity index (χ4v) is 2.45. The number of carbonyl (C=O) groups is 1. The Kier molecular flexibility index (Phi) is 5.22. The summed E-state index contributed by atoms with van der Waals surface area (Å²) in [5.41, 5.74) is 8.19. The number of aryl methyl sites for hydroxylation is 1. The molecule has 1 amide bonds. The maximum Gasteiger partial charge on any atom is 0.224 e. The largest absolute Gasteiger partial charge is 0.497 e. The van der Waals surface area contributed by atoms with Gasteiger partial charge in [0.2, 0.25) is 5.91 Å². The molecule has 0 atom stereocenters. The molecule has 4 nitrogen and oxygen atoms in total. The molecule has 0 aliphatic heterocycles. The molecule has 0 saturated carbocycles. The van der Waals surface area contributed by atoms with Gasteiger partial charge in [-0.3, -0.25) is 4.79 Å². The van der Waals surface area contributed by atoms with Crippen molar-refractivity contribution in [2.75, 3.05) is 18.2 Å². The zero-order valence-corrected chi connectivity index (χ0v) is 13.3. The van der Waals surface area contributed by atoms with Crippen molar-refractivity contribution >= 4 is 33.2 Å². The Morgan fingerprint density at radius 2 is 2.10 bits per heavy atom. The lowest BCUT2D eigenvalue weighted by atomic mass is 10.1. The second-order valence-corrected chi connectivity index (χ2v) is 5.59. The van der Waals surface area contributed by atoms with Crippen molar-refractivity contribution < 1.29 is 9.53 Å². The molecule has 0 spiro atoms. The number of nitrogen functional groups attached to an aromatic ring is 1. The van der Waals surface area contributed by atoms with Gasteiger partial charge in [0, 0.05) is 28.3 Å². The fourth-order valence-electron chi connectivity index (χ4n) is 1.98. The van der Waals surface area contributed by atoms with E-state index in [2.05, 4.69) is 21.2 Å². The van der Waals surface area contributed by atoms with E-state index in [-0.39, 0.29) is 5.91 Å². The number of methoxy groups -OCH3 is 1. The first-order chi connectivity index (χ1) is 10.1. The van der Waals surface area contributed by atoms with Crippen LogP contribution in [-0.4, -0.2) is 13.0 Å². The number of hydrogen-bond donors (Lipinski definition) is 2. The van der Waals surface area contributed by atoms with Crippen LogP contribution >= 0.6 is 15.9 Å². The molecule has 0 saturated heterocycles. The first-order valence-corrected chi connectivity index (χ1v) is 7.35. The van der Waals surface area contributed by atoms with Crippen molar-refractivity contribution in [1.29, 1.82) is 0 Å². The number of benzene rings is 2. The molecule has 0 fully saturated rings. The van der Waals surface area contributed by atoms with Crippen LogP contribution in [0.3, 0.4) is 0 Å². The number of anilines is 2. The minimum absolute atomic E-state index is 0.0439. The molecule has 2 rings (SSSR count). The summed E-state index contributed by atoms with van der Waals surface area (Å²) in [6.45, 7) is 0. The van der Waals surface area contributed by atoms with Crippen molar-refractivity contribution in [3.8, 4) is 5.75 Å².